The second kappa shape index (κ2) is 9.95. The lowest BCUT2D eigenvalue weighted by molar-refractivity contribution is 0.711. The Bertz CT molecular complexity index is 408. The van der Waals surface area contributed by atoms with Crippen LogP contribution in [0.4, 0.5) is 0 Å². The van der Waals surface area contributed by atoms with Gasteiger partial charge in [0.15, 0.2) is 0 Å². The second-order valence-corrected chi connectivity index (χ2v) is 7.07. The summed E-state index contributed by atoms with van der Waals surface area (Å²) in [6.45, 7) is 0. The monoisotopic (exact) mass is 302 g/mol. The number of benzene rings is 2. The Labute approximate surface area is 131 Å². The Morgan fingerprint density at radius 2 is 0.900 bits per heavy atom. The molecule has 0 radical (unpaired) electrons. The van der Waals surface area contributed by atoms with Crippen molar-refractivity contribution in [2.45, 2.75) is 35.5 Å². The molecule has 0 bridgehead atoms. The summed E-state index contributed by atoms with van der Waals surface area (Å²) in [6, 6.07) is 21.4. The molecule has 106 valence electrons. The van der Waals surface area contributed by atoms with E-state index in [4.69, 9.17) is 0 Å². The first-order valence-electron chi connectivity index (χ1n) is 7.31. The van der Waals surface area contributed by atoms with Crippen molar-refractivity contribution in [1.82, 2.24) is 0 Å². The molecule has 2 heteroatoms. The molecule has 0 heterocycles. The molecule has 2 aromatic rings. The van der Waals surface area contributed by atoms with Crippen molar-refractivity contribution < 1.29 is 0 Å². The van der Waals surface area contributed by atoms with Crippen LogP contribution in [-0.2, 0) is 0 Å². The molecule has 0 aromatic heterocycles. The molecule has 2 rings (SSSR count). The summed E-state index contributed by atoms with van der Waals surface area (Å²) in [5, 5.41) is 0. The van der Waals surface area contributed by atoms with Gasteiger partial charge in [-0.15, -0.1) is 23.5 Å². The van der Waals surface area contributed by atoms with Crippen molar-refractivity contribution in [2.24, 2.45) is 0 Å². The lowest BCUT2D eigenvalue weighted by Crippen LogP contribution is -1.84. The van der Waals surface area contributed by atoms with E-state index in [1.165, 1.54) is 47.0 Å². The maximum atomic E-state index is 2.20. The van der Waals surface area contributed by atoms with Gasteiger partial charge >= 0.3 is 0 Å². The minimum atomic E-state index is 1.25. The maximum Gasteiger partial charge on any atom is 0.00719 e. The molecular formula is C18H22S2. The molecule has 0 fully saturated rings. The van der Waals surface area contributed by atoms with Crippen molar-refractivity contribution in [3.63, 3.8) is 0 Å². The molecule has 0 nitrogen and oxygen atoms in total. The van der Waals surface area contributed by atoms with E-state index in [1.807, 2.05) is 23.5 Å². The molecule has 20 heavy (non-hydrogen) atoms. The van der Waals surface area contributed by atoms with Gasteiger partial charge in [0.1, 0.15) is 0 Å². The summed E-state index contributed by atoms with van der Waals surface area (Å²) in [7, 11) is 0. The van der Waals surface area contributed by atoms with Crippen molar-refractivity contribution in [3.8, 4) is 0 Å². The van der Waals surface area contributed by atoms with Crippen LogP contribution >= 0.6 is 23.5 Å². The zero-order chi connectivity index (χ0) is 13.9. The zero-order valence-electron chi connectivity index (χ0n) is 11.8. The van der Waals surface area contributed by atoms with E-state index in [0.29, 0.717) is 0 Å². The summed E-state index contributed by atoms with van der Waals surface area (Å²) in [5.74, 6) is 2.49. The minimum Gasteiger partial charge on any atom is -0.126 e. The molecule has 0 atom stereocenters. The molecule has 0 N–H and O–H groups in total. The lowest BCUT2D eigenvalue weighted by atomic mass is 10.2. The van der Waals surface area contributed by atoms with E-state index in [2.05, 4.69) is 60.7 Å². The summed E-state index contributed by atoms with van der Waals surface area (Å²) < 4.78 is 0. The summed E-state index contributed by atoms with van der Waals surface area (Å²) in [6.07, 6.45) is 5.37. The Kier molecular flexibility index (Phi) is 7.73. The molecule has 0 aliphatic rings. The van der Waals surface area contributed by atoms with Crippen LogP contribution in [0, 0.1) is 0 Å². The fraction of sp³-hybridized carbons (Fsp3) is 0.333. The van der Waals surface area contributed by atoms with Gasteiger partial charge in [-0.05, 0) is 48.6 Å². The lowest BCUT2D eigenvalue weighted by Gasteiger charge is -2.03. The van der Waals surface area contributed by atoms with Crippen molar-refractivity contribution in [3.05, 3.63) is 60.7 Å². The van der Waals surface area contributed by atoms with Crippen molar-refractivity contribution in [1.29, 1.82) is 0 Å². The average Bonchev–Trinajstić information content (AvgIpc) is 2.52. The Morgan fingerprint density at radius 3 is 1.30 bits per heavy atom. The minimum absolute atomic E-state index is 1.25. The van der Waals surface area contributed by atoms with Crippen LogP contribution in [0.3, 0.4) is 0 Å². The third kappa shape index (κ3) is 6.53. The summed E-state index contributed by atoms with van der Waals surface area (Å²) in [4.78, 5) is 2.79. The SMILES string of the molecule is c1ccc(SCCCCCCSc2ccccc2)cc1. The van der Waals surface area contributed by atoms with E-state index in [1.54, 1.807) is 0 Å². The Morgan fingerprint density at radius 1 is 0.500 bits per heavy atom. The fourth-order valence-electron chi connectivity index (χ4n) is 1.97. The van der Waals surface area contributed by atoms with E-state index >= 15 is 0 Å². The molecule has 2 aromatic carbocycles. The van der Waals surface area contributed by atoms with Gasteiger partial charge in [0.2, 0.25) is 0 Å². The second-order valence-electron chi connectivity index (χ2n) is 4.74. The van der Waals surface area contributed by atoms with Gasteiger partial charge in [0, 0.05) is 9.79 Å². The predicted molar refractivity (Wildman–Crippen MR) is 92.8 cm³/mol. The van der Waals surface area contributed by atoms with Crippen LogP contribution in [0.15, 0.2) is 70.5 Å². The number of thioether (sulfide) groups is 2. The number of hydrogen-bond donors (Lipinski definition) is 0. The standard InChI is InChI=1S/C18H22S2/c1(9-15-19-17-11-5-3-6-12-17)2-10-16-20-18-13-7-4-8-14-18/h3-8,11-14H,1-2,9-10,15-16H2. The summed E-state index contributed by atoms with van der Waals surface area (Å²) in [5.41, 5.74) is 0. The van der Waals surface area contributed by atoms with Crippen LogP contribution in [0.1, 0.15) is 25.7 Å². The molecule has 0 saturated carbocycles. The van der Waals surface area contributed by atoms with Gasteiger partial charge in [-0.3, -0.25) is 0 Å². The third-order valence-corrected chi connectivity index (χ3v) is 5.26. The molecule has 0 unspecified atom stereocenters. The Hall–Kier alpha value is -0.860. The van der Waals surface area contributed by atoms with Crippen LogP contribution in [-0.4, -0.2) is 11.5 Å². The molecule has 0 aliphatic carbocycles. The van der Waals surface area contributed by atoms with Gasteiger partial charge in [0.05, 0.1) is 0 Å². The highest BCUT2D eigenvalue weighted by molar-refractivity contribution is 7.99. The number of rotatable bonds is 9. The van der Waals surface area contributed by atoms with E-state index < -0.39 is 0 Å². The zero-order valence-corrected chi connectivity index (χ0v) is 13.5. The summed E-state index contributed by atoms with van der Waals surface area (Å²) >= 11 is 3.95. The van der Waals surface area contributed by atoms with E-state index in [-0.39, 0.29) is 0 Å². The van der Waals surface area contributed by atoms with Gasteiger partial charge in [-0.2, -0.15) is 0 Å². The van der Waals surface area contributed by atoms with Crippen LogP contribution < -0.4 is 0 Å². The molecule has 0 saturated heterocycles. The quantitative estimate of drug-likeness (QED) is 0.403. The van der Waals surface area contributed by atoms with Crippen LogP contribution in [0.5, 0.6) is 0 Å². The number of hydrogen-bond acceptors (Lipinski definition) is 2. The smallest absolute Gasteiger partial charge is 0.00719 e. The predicted octanol–water partition coefficient (Wildman–Crippen LogP) is 6.13. The van der Waals surface area contributed by atoms with Crippen LogP contribution in [0.25, 0.3) is 0 Å². The van der Waals surface area contributed by atoms with Gasteiger partial charge in [-0.25, -0.2) is 0 Å². The van der Waals surface area contributed by atoms with Gasteiger partial charge < -0.3 is 0 Å². The highest BCUT2D eigenvalue weighted by Gasteiger charge is 1.95. The van der Waals surface area contributed by atoms with Gasteiger partial charge in [0.25, 0.3) is 0 Å². The molecule has 0 aliphatic heterocycles. The molecular weight excluding hydrogens is 280 g/mol. The Balaban J connectivity index is 1.44. The largest absolute Gasteiger partial charge is 0.126 e. The van der Waals surface area contributed by atoms with Crippen molar-refractivity contribution in [2.75, 3.05) is 11.5 Å². The van der Waals surface area contributed by atoms with E-state index in [9.17, 15) is 0 Å². The maximum absolute atomic E-state index is 2.20. The first kappa shape index (κ1) is 15.5. The highest BCUT2D eigenvalue weighted by Crippen LogP contribution is 2.21. The number of unbranched alkanes of at least 4 members (excludes halogenated alkanes) is 3. The van der Waals surface area contributed by atoms with Crippen molar-refractivity contribution >= 4 is 23.5 Å². The fourth-order valence-corrected chi connectivity index (χ4v) is 3.84. The first-order chi connectivity index (χ1) is 9.95. The van der Waals surface area contributed by atoms with Crippen LogP contribution in [0.2, 0.25) is 0 Å². The van der Waals surface area contributed by atoms with E-state index in [0.717, 1.165) is 0 Å². The molecule has 0 amide bonds. The topological polar surface area (TPSA) is 0 Å². The highest BCUT2D eigenvalue weighted by atomic mass is 32.2. The first-order valence-corrected chi connectivity index (χ1v) is 9.28. The third-order valence-electron chi connectivity index (χ3n) is 3.06. The molecule has 0 spiro atoms. The van der Waals surface area contributed by atoms with Gasteiger partial charge in [-0.1, -0.05) is 49.2 Å². The average molecular weight is 303 g/mol. The normalized spacial score (nSPS) is 10.6.